The summed E-state index contributed by atoms with van der Waals surface area (Å²) in [5.41, 5.74) is -0.108. The highest BCUT2D eigenvalue weighted by atomic mass is 16.5. The van der Waals surface area contributed by atoms with Crippen molar-refractivity contribution in [1.29, 1.82) is 0 Å². The molecule has 0 spiro atoms. The van der Waals surface area contributed by atoms with E-state index in [9.17, 15) is 4.79 Å². The normalized spacial score (nSPS) is 39.6. The standard InChI is InChI=1S/C9H15NO2/c1-12-8(11)9-2-5-10(6-3-9)7-4-9/h2-7H2,1H3. The zero-order valence-electron chi connectivity index (χ0n) is 7.51. The van der Waals surface area contributed by atoms with E-state index in [4.69, 9.17) is 4.74 Å². The number of rotatable bonds is 1. The summed E-state index contributed by atoms with van der Waals surface area (Å²) < 4.78 is 4.85. The summed E-state index contributed by atoms with van der Waals surface area (Å²) in [7, 11) is 1.50. The van der Waals surface area contributed by atoms with E-state index < -0.39 is 0 Å². The molecule has 68 valence electrons. The number of esters is 1. The van der Waals surface area contributed by atoms with Gasteiger partial charge in [-0.2, -0.15) is 0 Å². The molecule has 3 rings (SSSR count). The fourth-order valence-corrected chi connectivity index (χ4v) is 2.35. The van der Waals surface area contributed by atoms with E-state index in [2.05, 4.69) is 4.90 Å². The highest BCUT2D eigenvalue weighted by molar-refractivity contribution is 5.77. The topological polar surface area (TPSA) is 29.5 Å². The van der Waals surface area contributed by atoms with E-state index in [1.165, 1.54) is 7.11 Å². The fraction of sp³-hybridized carbons (Fsp3) is 0.889. The minimum absolute atomic E-state index is 0.0156. The van der Waals surface area contributed by atoms with Gasteiger partial charge in [-0.3, -0.25) is 4.79 Å². The Labute approximate surface area is 72.7 Å². The molecule has 3 aliphatic rings. The lowest BCUT2D eigenvalue weighted by molar-refractivity contribution is -0.160. The first-order valence-electron chi connectivity index (χ1n) is 4.58. The summed E-state index contributed by atoms with van der Waals surface area (Å²) in [5.74, 6) is 0.0156. The first-order valence-corrected chi connectivity index (χ1v) is 4.58. The van der Waals surface area contributed by atoms with E-state index in [0.717, 1.165) is 38.9 Å². The molecule has 3 nitrogen and oxygen atoms in total. The Morgan fingerprint density at radius 2 is 1.75 bits per heavy atom. The number of methoxy groups -OCH3 is 1. The Hall–Kier alpha value is -0.570. The number of hydrogen-bond donors (Lipinski definition) is 0. The Morgan fingerprint density at radius 1 is 1.25 bits per heavy atom. The average molecular weight is 169 g/mol. The Balaban J connectivity index is 2.13. The molecule has 0 aromatic heterocycles. The predicted octanol–water partition coefficient (Wildman–Crippen LogP) is 0.645. The van der Waals surface area contributed by atoms with Crippen LogP contribution in [0, 0.1) is 5.41 Å². The fourth-order valence-electron chi connectivity index (χ4n) is 2.35. The molecule has 0 aromatic carbocycles. The number of carbonyl (C=O) groups is 1. The summed E-state index contributed by atoms with van der Waals surface area (Å²) in [4.78, 5) is 13.9. The first-order chi connectivity index (χ1) is 5.77. The molecular formula is C9H15NO2. The molecule has 0 saturated carbocycles. The van der Waals surface area contributed by atoms with Crippen LogP contribution in [0.25, 0.3) is 0 Å². The highest BCUT2D eigenvalue weighted by Gasteiger charge is 2.45. The van der Waals surface area contributed by atoms with Crippen LogP contribution in [0.15, 0.2) is 0 Å². The van der Waals surface area contributed by atoms with Crippen molar-refractivity contribution in [3.8, 4) is 0 Å². The molecule has 0 aliphatic carbocycles. The second kappa shape index (κ2) is 2.73. The van der Waals surface area contributed by atoms with Crippen LogP contribution >= 0.6 is 0 Å². The van der Waals surface area contributed by atoms with Crippen LogP contribution in [-0.4, -0.2) is 37.6 Å². The van der Waals surface area contributed by atoms with Gasteiger partial charge in [0.05, 0.1) is 12.5 Å². The van der Waals surface area contributed by atoms with Gasteiger partial charge >= 0.3 is 5.97 Å². The van der Waals surface area contributed by atoms with Gasteiger partial charge in [-0.1, -0.05) is 0 Å². The summed E-state index contributed by atoms with van der Waals surface area (Å²) in [5, 5.41) is 0. The van der Waals surface area contributed by atoms with Gasteiger partial charge in [0.15, 0.2) is 0 Å². The highest BCUT2D eigenvalue weighted by Crippen LogP contribution is 2.40. The molecule has 0 atom stereocenters. The molecule has 12 heavy (non-hydrogen) atoms. The molecule has 0 radical (unpaired) electrons. The van der Waals surface area contributed by atoms with Crippen molar-refractivity contribution in [3.05, 3.63) is 0 Å². The predicted molar refractivity (Wildman–Crippen MR) is 44.7 cm³/mol. The van der Waals surface area contributed by atoms with Crippen molar-refractivity contribution >= 4 is 5.97 Å². The zero-order valence-corrected chi connectivity index (χ0v) is 7.51. The van der Waals surface area contributed by atoms with Gasteiger partial charge in [0.2, 0.25) is 0 Å². The van der Waals surface area contributed by atoms with Gasteiger partial charge in [-0.05, 0) is 38.9 Å². The van der Waals surface area contributed by atoms with E-state index in [0.29, 0.717) is 0 Å². The maximum Gasteiger partial charge on any atom is 0.311 e. The van der Waals surface area contributed by atoms with Gasteiger partial charge in [0.1, 0.15) is 0 Å². The number of piperidine rings is 3. The molecule has 3 saturated heterocycles. The van der Waals surface area contributed by atoms with Crippen LogP contribution in [0.4, 0.5) is 0 Å². The lowest BCUT2D eigenvalue weighted by atomic mass is 9.72. The molecule has 3 heteroatoms. The maximum atomic E-state index is 11.5. The summed E-state index contributed by atoms with van der Waals surface area (Å²) >= 11 is 0. The minimum Gasteiger partial charge on any atom is -0.469 e. The van der Waals surface area contributed by atoms with Gasteiger partial charge < -0.3 is 9.64 Å². The van der Waals surface area contributed by atoms with Crippen LogP contribution in [0.2, 0.25) is 0 Å². The Kier molecular flexibility index (Phi) is 1.83. The second-order valence-corrected chi connectivity index (χ2v) is 3.86. The summed E-state index contributed by atoms with van der Waals surface area (Å²) in [6.45, 7) is 3.24. The van der Waals surface area contributed by atoms with Crippen LogP contribution in [0.5, 0.6) is 0 Å². The average Bonchev–Trinajstić information content (AvgIpc) is 2.19. The molecule has 0 amide bonds. The van der Waals surface area contributed by atoms with Crippen molar-refractivity contribution in [2.24, 2.45) is 5.41 Å². The van der Waals surface area contributed by atoms with E-state index in [1.807, 2.05) is 0 Å². The third-order valence-electron chi connectivity index (χ3n) is 3.34. The molecule has 2 bridgehead atoms. The molecule has 3 heterocycles. The van der Waals surface area contributed by atoms with E-state index in [-0.39, 0.29) is 11.4 Å². The summed E-state index contributed by atoms with van der Waals surface area (Å²) in [6.07, 6.45) is 3.00. The van der Waals surface area contributed by atoms with Gasteiger partial charge in [-0.15, -0.1) is 0 Å². The van der Waals surface area contributed by atoms with Crippen LogP contribution in [0.3, 0.4) is 0 Å². The van der Waals surface area contributed by atoms with E-state index >= 15 is 0 Å². The lowest BCUT2D eigenvalue weighted by Gasteiger charge is -2.46. The number of hydrogen-bond acceptors (Lipinski definition) is 3. The number of nitrogens with zero attached hydrogens (tertiary/aromatic N) is 1. The first kappa shape index (κ1) is 8.05. The zero-order chi connectivity index (χ0) is 8.60. The lowest BCUT2D eigenvalue weighted by Crippen LogP contribution is -2.52. The van der Waals surface area contributed by atoms with Crippen molar-refractivity contribution in [1.82, 2.24) is 4.90 Å². The van der Waals surface area contributed by atoms with Crippen molar-refractivity contribution < 1.29 is 9.53 Å². The monoisotopic (exact) mass is 169 g/mol. The number of carbonyl (C=O) groups excluding carboxylic acids is 1. The van der Waals surface area contributed by atoms with Gasteiger partial charge in [0.25, 0.3) is 0 Å². The Morgan fingerprint density at radius 3 is 2.17 bits per heavy atom. The van der Waals surface area contributed by atoms with Crippen LogP contribution in [0.1, 0.15) is 19.3 Å². The maximum absolute atomic E-state index is 11.5. The number of fused-ring (bicyclic) bond motifs is 3. The second-order valence-electron chi connectivity index (χ2n) is 3.86. The third kappa shape index (κ3) is 1.04. The minimum atomic E-state index is -0.108. The van der Waals surface area contributed by atoms with Gasteiger partial charge in [0, 0.05) is 0 Å². The van der Waals surface area contributed by atoms with Gasteiger partial charge in [-0.25, -0.2) is 0 Å². The van der Waals surface area contributed by atoms with Crippen molar-refractivity contribution in [2.75, 3.05) is 26.7 Å². The van der Waals surface area contributed by atoms with Crippen molar-refractivity contribution in [2.45, 2.75) is 19.3 Å². The van der Waals surface area contributed by atoms with E-state index in [1.54, 1.807) is 0 Å². The molecule has 0 aromatic rings. The molecule has 3 fully saturated rings. The smallest absolute Gasteiger partial charge is 0.311 e. The molecule has 0 unspecified atom stereocenters. The summed E-state index contributed by atoms with van der Waals surface area (Å²) in [6, 6.07) is 0. The largest absolute Gasteiger partial charge is 0.469 e. The number of ether oxygens (including phenoxy) is 1. The molecule has 0 N–H and O–H groups in total. The Bertz CT molecular complexity index is 181. The third-order valence-corrected chi connectivity index (χ3v) is 3.34. The van der Waals surface area contributed by atoms with Crippen molar-refractivity contribution in [3.63, 3.8) is 0 Å². The molecule has 3 aliphatic heterocycles. The van der Waals surface area contributed by atoms with Crippen LogP contribution in [-0.2, 0) is 9.53 Å². The van der Waals surface area contributed by atoms with Crippen LogP contribution < -0.4 is 0 Å². The quantitative estimate of drug-likeness (QED) is 0.540. The molecular weight excluding hydrogens is 154 g/mol. The SMILES string of the molecule is COC(=O)C12CCN(CC1)CC2.